The molecule has 0 aromatic rings. The lowest BCUT2D eigenvalue weighted by atomic mass is 9.49. The van der Waals surface area contributed by atoms with Crippen LogP contribution in [0.4, 0.5) is 0 Å². The molecule has 0 bridgehead atoms. The van der Waals surface area contributed by atoms with Crippen LogP contribution in [0.3, 0.4) is 0 Å². The first-order valence-corrected chi connectivity index (χ1v) is 7.75. The number of ketones is 1. The largest absolute Gasteiger partial charge is 0.461 e. The van der Waals surface area contributed by atoms with Gasteiger partial charge in [0, 0.05) is 5.41 Å². The number of esters is 1. The Morgan fingerprint density at radius 1 is 1.29 bits per heavy atom. The van der Waals surface area contributed by atoms with E-state index in [4.69, 9.17) is 9.47 Å². The lowest BCUT2D eigenvalue weighted by Crippen LogP contribution is -2.55. The van der Waals surface area contributed by atoms with Gasteiger partial charge >= 0.3 is 5.97 Å². The van der Waals surface area contributed by atoms with Gasteiger partial charge in [-0.15, -0.1) is 0 Å². The molecule has 0 aromatic heterocycles. The number of hydrogen-bond acceptors (Lipinski definition) is 4. The molecule has 2 aliphatic carbocycles. The first kappa shape index (κ1) is 13.5. The summed E-state index contributed by atoms with van der Waals surface area (Å²) in [5.41, 5.74) is -0.867. The average Bonchev–Trinajstić information content (AvgIpc) is 2.88. The Morgan fingerprint density at radius 2 is 1.95 bits per heavy atom. The van der Waals surface area contributed by atoms with Gasteiger partial charge in [-0.2, -0.15) is 0 Å². The summed E-state index contributed by atoms with van der Waals surface area (Å²) in [6, 6.07) is 0. The van der Waals surface area contributed by atoms with Gasteiger partial charge in [-0.05, 0) is 38.2 Å². The zero-order valence-corrected chi connectivity index (χ0v) is 13.3. The van der Waals surface area contributed by atoms with Crippen molar-refractivity contribution < 1.29 is 19.1 Å². The van der Waals surface area contributed by atoms with Crippen LogP contribution in [-0.4, -0.2) is 29.1 Å². The number of rotatable bonds is 1. The summed E-state index contributed by atoms with van der Waals surface area (Å²) in [6.07, 6.45) is 3.79. The minimum Gasteiger partial charge on any atom is -0.461 e. The van der Waals surface area contributed by atoms with Crippen LogP contribution in [0.15, 0.2) is 11.6 Å². The lowest BCUT2D eigenvalue weighted by molar-refractivity contribution is -0.146. The maximum atomic E-state index is 12.5. The molecular weight excluding hydrogens is 268 g/mol. The Bertz CT molecular complexity index is 618. The summed E-state index contributed by atoms with van der Waals surface area (Å²) in [7, 11) is 0. The van der Waals surface area contributed by atoms with Crippen LogP contribution in [-0.2, 0) is 19.1 Å². The Morgan fingerprint density at radius 3 is 2.57 bits per heavy atom. The molecule has 0 aromatic carbocycles. The lowest BCUT2D eigenvalue weighted by Gasteiger charge is -2.50. The van der Waals surface area contributed by atoms with E-state index in [1.165, 1.54) is 5.57 Å². The van der Waals surface area contributed by atoms with Crippen molar-refractivity contribution in [2.45, 2.75) is 64.8 Å². The van der Waals surface area contributed by atoms with Crippen molar-refractivity contribution in [3.8, 4) is 0 Å². The molecule has 0 unspecified atom stereocenters. The predicted molar refractivity (Wildman–Crippen MR) is 75.5 cm³/mol. The van der Waals surface area contributed by atoms with E-state index in [0.29, 0.717) is 0 Å². The first-order chi connectivity index (χ1) is 9.59. The van der Waals surface area contributed by atoms with E-state index in [2.05, 4.69) is 20.8 Å². The van der Waals surface area contributed by atoms with E-state index in [1.807, 2.05) is 13.0 Å². The van der Waals surface area contributed by atoms with Gasteiger partial charge in [0.1, 0.15) is 17.6 Å². The van der Waals surface area contributed by atoms with E-state index in [9.17, 15) is 9.59 Å². The highest BCUT2D eigenvalue weighted by Crippen LogP contribution is 2.72. The van der Waals surface area contributed by atoms with Gasteiger partial charge in [0.05, 0.1) is 0 Å². The number of epoxide rings is 1. The summed E-state index contributed by atoms with van der Waals surface area (Å²) >= 11 is 0. The molecule has 0 amide bonds. The number of fused-ring (bicyclic) bond motifs is 2. The van der Waals surface area contributed by atoms with Crippen LogP contribution in [0.5, 0.6) is 0 Å². The minimum atomic E-state index is -0.922. The van der Waals surface area contributed by atoms with E-state index in [-0.39, 0.29) is 34.6 Å². The van der Waals surface area contributed by atoms with Crippen LogP contribution < -0.4 is 0 Å². The standard InChI is InChI=1S/C17H22O4/c1-9(18)17-8-10-14(2,3)7-6-11-15(10,4)12(13(19)20-11)16(17,5)21-17/h8,11-12H,6-7H2,1-5H3/t11-,12-,15+,16+,17+/m0/s1. The Balaban J connectivity index is 2.00. The molecule has 114 valence electrons. The van der Waals surface area contributed by atoms with Crippen molar-refractivity contribution in [3.63, 3.8) is 0 Å². The minimum absolute atomic E-state index is 0.0165. The van der Waals surface area contributed by atoms with E-state index < -0.39 is 11.2 Å². The molecule has 2 aliphatic heterocycles. The fraction of sp³-hybridized carbons (Fsp3) is 0.765. The second kappa shape index (κ2) is 3.27. The fourth-order valence-electron chi connectivity index (χ4n) is 5.43. The Hall–Kier alpha value is -1.16. The number of carbonyl (C=O) groups excluding carboxylic acids is 2. The van der Waals surface area contributed by atoms with Gasteiger partial charge < -0.3 is 9.47 Å². The van der Waals surface area contributed by atoms with Crippen molar-refractivity contribution in [2.24, 2.45) is 16.7 Å². The van der Waals surface area contributed by atoms with Crippen molar-refractivity contribution in [1.29, 1.82) is 0 Å². The van der Waals surface area contributed by atoms with Crippen LogP contribution in [0.2, 0.25) is 0 Å². The zero-order chi connectivity index (χ0) is 15.4. The van der Waals surface area contributed by atoms with Crippen molar-refractivity contribution in [3.05, 3.63) is 11.6 Å². The van der Waals surface area contributed by atoms with E-state index in [1.54, 1.807) is 6.92 Å². The Kier molecular flexibility index (Phi) is 2.10. The maximum Gasteiger partial charge on any atom is 0.313 e. The topological polar surface area (TPSA) is 55.9 Å². The zero-order valence-electron chi connectivity index (χ0n) is 13.3. The highest BCUT2D eigenvalue weighted by Gasteiger charge is 2.83. The molecule has 0 spiro atoms. The SMILES string of the molecule is CC(=O)[C@]12C=C3C(C)(C)CC[C@@H]4OC(=O)[C@@H]([C@]34C)[C@@]1(C)O2. The smallest absolute Gasteiger partial charge is 0.313 e. The van der Waals surface area contributed by atoms with Gasteiger partial charge in [-0.1, -0.05) is 26.3 Å². The number of carbonyl (C=O) groups is 2. The summed E-state index contributed by atoms with van der Waals surface area (Å²) in [6.45, 7) is 9.95. The van der Waals surface area contributed by atoms with Gasteiger partial charge in [0.25, 0.3) is 0 Å². The molecular formula is C17H22O4. The predicted octanol–water partition coefficient (Wildman–Crippen LogP) is 2.41. The number of Topliss-reactive ketones (excluding diaryl/α,β-unsaturated/α-hetero) is 1. The molecule has 2 saturated heterocycles. The molecule has 3 fully saturated rings. The molecule has 21 heavy (non-hydrogen) atoms. The molecule has 0 radical (unpaired) electrons. The summed E-state index contributed by atoms with van der Waals surface area (Å²) < 4.78 is 11.6. The third kappa shape index (κ3) is 1.20. The maximum absolute atomic E-state index is 12.5. The first-order valence-electron chi connectivity index (χ1n) is 7.75. The average molecular weight is 290 g/mol. The van der Waals surface area contributed by atoms with E-state index in [0.717, 1.165) is 12.8 Å². The highest BCUT2D eigenvalue weighted by atomic mass is 16.6. The summed E-state index contributed by atoms with van der Waals surface area (Å²) in [5, 5.41) is 0. The van der Waals surface area contributed by atoms with Gasteiger partial charge in [-0.25, -0.2) is 0 Å². The van der Waals surface area contributed by atoms with Crippen molar-refractivity contribution in [2.75, 3.05) is 0 Å². The molecule has 1 saturated carbocycles. The third-order valence-corrected chi connectivity index (χ3v) is 6.59. The second-order valence-electron chi connectivity index (χ2n) is 8.12. The summed E-state index contributed by atoms with van der Waals surface area (Å²) in [5.74, 6) is -0.591. The molecule has 5 atom stereocenters. The summed E-state index contributed by atoms with van der Waals surface area (Å²) in [4.78, 5) is 24.8. The second-order valence-corrected chi connectivity index (χ2v) is 8.12. The highest BCUT2D eigenvalue weighted by molar-refractivity contribution is 5.96. The third-order valence-electron chi connectivity index (χ3n) is 6.59. The van der Waals surface area contributed by atoms with Crippen LogP contribution in [0.1, 0.15) is 47.5 Å². The molecule has 4 heteroatoms. The monoisotopic (exact) mass is 290 g/mol. The number of ether oxygens (including phenoxy) is 2. The molecule has 4 aliphatic rings. The normalized spacial score (nSPS) is 52.4. The molecule has 2 heterocycles. The van der Waals surface area contributed by atoms with Crippen LogP contribution >= 0.6 is 0 Å². The quantitative estimate of drug-likeness (QED) is 0.423. The number of hydrogen-bond donors (Lipinski definition) is 0. The molecule has 4 nitrogen and oxygen atoms in total. The van der Waals surface area contributed by atoms with E-state index >= 15 is 0 Å². The fourth-order valence-corrected chi connectivity index (χ4v) is 5.43. The Labute approximate surface area is 124 Å². The van der Waals surface area contributed by atoms with Crippen LogP contribution in [0, 0.1) is 16.7 Å². The van der Waals surface area contributed by atoms with Crippen LogP contribution in [0.25, 0.3) is 0 Å². The molecule has 0 N–H and O–H groups in total. The van der Waals surface area contributed by atoms with Crippen molar-refractivity contribution in [1.82, 2.24) is 0 Å². The molecule has 4 rings (SSSR count). The van der Waals surface area contributed by atoms with Gasteiger partial charge in [0.15, 0.2) is 11.4 Å². The van der Waals surface area contributed by atoms with Gasteiger partial charge in [-0.3, -0.25) is 9.59 Å². The van der Waals surface area contributed by atoms with Crippen molar-refractivity contribution >= 4 is 11.8 Å². The van der Waals surface area contributed by atoms with Gasteiger partial charge in [0.2, 0.25) is 0 Å².